The number of hydrogen-bond acceptors (Lipinski definition) is 4. The van der Waals surface area contributed by atoms with E-state index in [0.29, 0.717) is 6.54 Å². The molecule has 1 heterocycles. The van der Waals surface area contributed by atoms with Crippen LogP contribution in [0.15, 0.2) is 53.4 Å². The van der Waals surface area contributed by atoms with Gasteiger partial charge in [0.05, 0.1) is 13.2 Å². The maximum atomic E-state index is 14.3. The lowest BCUT2D eigenvalue weighted by molar-refractivity contribution is 0.0729. The number of nitrogens with zero attached hydrogens (tertiary/aromatic N) is 1. The molecule has 0 aliphatic carbocycles. The summed E-state index contributed by atoms with van der Waals surface area (Å²) in [5, 5.41) is 2.84. The van der Waals surface area contributed by atoms with Gasteiger partial charge in [-0.3, -0.25) is 4.79 Å². The number of morpholine rings is 1. The number of nitrogens with one attached hydrogen (secondary N) is 1. The monoisotopic (exact) mass is 420 g/mol. The molecule has 0 spiro atoms. The normalized spacial score (nSPS) is 16.3. The highest BCUT2D eigenvalue weighted by Crippen LogP contribution is 2.22. The molecular formula is C21H25FN2O4S. The molecular weight excluding hydrogens is 395 g/mol. The fourth-order valence-electron chi connectivity index (χ4n) is 3.31. The van der Waals surface area contributed by atoms with Crippen molar-refractivity contribution in [2.24, 2.45) is 0 Å². The average Bonchev–Trinajstić information content (AvgIpc) is 2.75. The minimum Gasteiger partial charge on any atom is -0.379 e. The maximum Gasteiger partial charge on any atom is 0.251 e. The van der Waals surface area contributed by atoms with Crippen molar-refractivity contribution in [3.05, 3.63) is 65.5 Å². The molecule has 0 bridgehead atoms. The second-order valence-electron chi connectivity index (χ2n) is 6.89. The van der Waals surface area contributed by atoms with Crippen molar-refractivity contribution < 1.29 is 22.3 Å². The van der Waals surface area contributed by atoms with Gasteiger partial charge in [0.15, 0.2) is 0 Å². The Balaban J connectivity index is 1.75. The SMILES string of the molecule is CCC(CNC(=O)c1ccc(F)c(S(=O)(=O)N2CCOCC2)c1)c1ccccc1. The topological polar surface area (TPSA) is 75.7 Å². The quantitative estimate of drug-likeness (QED) is 0.747. The summed E-state index contributed by atoms with van der Waals surface area (Å²) in [6, 6.07) is 13.3. The zero-order valence-electron chi connectivity index (χ0n) is 16.3. The molecule has 0 radical (unpaired) electrons. The van der Waals surface area contributed by atoms with Crippen molar-refractivity contribution in [3.8, 4) is 0 Å². The number of rotatable bonds is 7. The molecule has 0 aromatic heterocycles. The van der Waals surface area contributed by atoms with Gasteiger partial charge >= 0.3 is 0 Å². The number of ether oxygens (including phenoxy) is 1. The van der Waals surface area contributed by atoms with Crippen molar-refractivity contribution in [3.63, 3.8) is 0 Å². The van der Waals surface area contributed by atoms with E-state index in [4.69, 9.17) is 4.74 Å². The first-order valence-electron chi connectivity index (χ1n) is 9.64. The number of halogens is 1. The standard InChI is InChI=1S/C21H25FN2O4S/c1-2-16(17-6-4-3-5-7-17)15-23-21(25)18-8-9-19(22)20(14-18)29(26,27)24-10-12-28-13-11-24/h3-9,14,16H,2,10-13,15H2,1H3,(H,23,25). The second kappa shape index (κ2) is 9.47. The average molecular weight is 421 g/mol. The summed E-state index contributed by atoms with van der Waals surface area (Å²) < 4.78 is 46.2. The number of carbonyl (C=O) groups is 1. The minimum atomic E-state index is -4.03. The van der Waals surface area contributed by atoms with Crippen LogP contribution in [0.1, 0.15) is 35.2 Å². The molecule has 2 aromatic carbocycles. The number of sulfonamides is 1. The largest absolute Gasteiger partial charge is 0.379 e. The summed E-state index contributed by atoms with van der Waals surface area (Å²) in [5.41, 5.74) is 1.23. The van der Waals surface area contributed by atoms with E-state index < -0.39 is 26.6 Å². The summed E-state index contributed by atoms with van der Waals surface area (Å²) in [7, 11) is -4.03. The van der Waals surface area contributed by atoms with E-state index in [0.717, 1.165) is 24.1 Å². The Labute approximate surface area is 170 Å². The van der Waals surface area contributed by atoms with Crippen LogP contribution in [0.5, 0.6) is 0 Å². The van der Waals surface area contributed by atoms with Crippen LogP contribution in [0.2, 0.25) is 0 Å². The number of amides is 1. The van der Waals surface area contributed by atoms with Gasteiger partial charge in [0, 0.05) is 31.1 Å². The van der Waals surface area contributed by atoms with Crippen LogP contribution in [-0.4, -0.2) is 51.5 Å². The molecule has 29 heavy (non-hydrogen) atoms. The lowest BCUT2D eigenvalue weighted by Gasteiger charge is -2.26. The van der Waals surface area contributed by atoms with E-state index in [9.17, 15) is 17.6 Å². The lowest BCUT2D eigenvalue weighted by Crippen LogP contribution is -2.41. The molecule has 1 fully saturated rings. The van der Waals surface area contributed by atoms with Gasteiger partial charge in [-0.25, -0.2) is 12.8 Å². The molecule has 3 rings (SSSR count). The first-order valence-corrected chi connectivity index (χ1v) is 11.1. The van der Waals surface area contributed by atoms with Gasteiger partial charge in [-0.1, -0.05) is 37.3 Å². The Morgan fingerprint density at radius 2 is 1.86 bits per heavy atom. The van der Waals surface area contributed by atoms with Crippen LogP contribution in [0.25, 0.3) is 0 Å². The van der Waals surface area contributed by atoms with Crippen LogP contribution in [0.3, 0.4) is 0 Å². The van der Waals surface area contributed by atoms with E-state index in [1.807, 2.05) is 37.3 Å². The van der Waals surface area contributed by atoms with E-state index >= 15 is 0 Å². The summed E-state index contributed by atoms with van der Waals surface area (Å²) in [6.07, 6.45) is 0.838. The first kappa shape index (κ1) is 21.4. The van der Waals surface area contributed by atoms with Crippen molar-refractivity contribution in [1.29, 1.82) is 0 Å². The maximum absolute atomic E-state index is 14.3. The van der Waals surface area contributed by atoms with Crippen LogP contribution in [0, 0.1) is 5.82 Å². The third-order valence-corrected chi connectivity index (χ3v) is 6.97. The zero-order valence-corrected chi connectivity index (χ0v) is 17.1. The fraction of sp³-hybridized carbons (Fsp3) is 0.381. The van der Waals surface area contributed by atoms with Crippen LogP contribution in [0.4, 0.5) is 4.39 Å². The highest BCUT2D eigenvalue weighted by Gasteiger charge is 2.29. The number of hydrogen-bond donors (Lipinski definition) is 1. The molecule has 1 aliphatic rings. The van der Waals surface area contributed by atoms with Gasteiger partial charge in [0.1, 0.15) is 10.7 Å². The Morgan fingerprint density at radius 1 is 1.17 bits per heavy atom. The summed E-state index contributed by atoms with van der Waals surface area (Å²) in [5.74, 6) is -1.17. The van der Waals surface area contributed by atoms with Gasteiger partial charge in [-0.15, -0.1) is 0 Å². The second-order valence-corrected chi connectivity index (χ2v) is 8.79. The van der Waals surface area contributed by atoms with Gasteiger partial charge in [-0.05, 0) is 30.2 Å². The molecule has 156 valence electrons. The Kier molecular flexibility index (Phi) is 7.00. The molecule has 1 saturated heterocycles. The predicted octanol–water partition coefficient (Wildman–Crippen LogP) is 2.77. The van der Waals surface area contributed by atoms with Crippen molar-refractivity contribution >= 4 is 15.9 Å². The van der Waals surface area contributed by atoms with Crippen LogP contribution >= 0.6 is 0 Å². The van der Waals surface area contributed by atoms with Gasteiger partial charge in [-0.2, -0.15) is 4.31 Å². The van der Waals surface area contributed by atoms with E-state index in [-0.39, 0.29) is 37.8 Å². The van der Waals surface area contributed by atoms with Gasteiger partial charge in [0.2, 0.25) is 10.0 Å². The molecule has 1 unspecified atom stereocenters. The minimum absolute atomic E-state index is 0.112. The molecule has 6 nitrogen and oxygen atoms in total. The van der Waals surface area contributed by atoms with Crippen molar-refractivity contribution in [1.82, 2.24) is 9.62 Å². The smallest absolute Gasteiger partial charge is 0.251 e. The molecule has 1 amide bonds. The molecule has 2 aromatic rings. The van der Waals surface area contributed by atoms with E-state index in [1.165, 1.54) is 10.4 Å². The summed E-state index contributed by atoms with van der Waals surface area (Å²) in [6.45, 7) is 3.29. The van der Waals surface area contributed by atoms with Gasteiger partial charge in [0.25, 0.3) is 5.91 Å². The van der Waals surface area contributed by atoms with Crippen LogP contribution < -0.4 is 5.32 Å². The predicted molar refractivity (Wildman–Crippen MR) is 108 cm³/mol. The van der Waals surface area contributed by atoms with E-state index in [2.05, 4.69) is 5.32 Å². The third kappa shape index (κ3) is 5.01. The van der Waals surface area contributed by atoms with Crippen LogP contribution in [-0.2, 0) is 14.8 Å². The summed E-state index contributed by atoms with van der Waals surface area (Å²) >= 11 is 0. The molecule has 1 N–H and O–H groups in total. The zero-order chi connectivity index (χ0) is 20.9. The molecule has 0 saturated carbocycles. The Bertz CT molecular complexity index is 944. The number of carbonyl (C=O) groups excluding carboxylic acids is 1. The highest BCUT2D eigenvalue weighted by molar-refractivity contribution is 7.89. The van der Waals surface area contributed by atoms with Crippen molar-refractivity contribution in [2.45, 2.75) is 24.2 Å². The summed E-state index contributed by atoms with van der Waals surface area (Å²) in [4.78, 5) is 12.1. The Morgan fingerprint density at radius 3 is 2.52 bits per heavy atom. The van der Waals surface area contributed by atoms with E-state index in [1.54, 1.807) is 0 Å². The van der Waals surface area contributed by atoms with Crippen molar-refractivity contribution in [2.75, 3.05) is 32.8 Å². The first-order chi connectivity index (χ1) is 13.9. The Hall–Kier alpha value is -2.29. The molecule has 8 heteroatoms. The molecule has 1 aliphatic heterocycles. The highest BCUT2D eigenvalue weighted by atomic mass is 32.2. The molecule has 1 atom stereocenters. The fourth-order valence-corrected chi connectivity index (χ4v) is 4.81. The number of benzene rings is 2. The third-order valence-electron chi connectivity index (χ3n) is 5.05. The lowest BCUT2D eigenvalue weighted by atomic mass is 9.96. The van der Waals surface area contributed by atoms with Gasteiger partial charge < -0.3 is 10.1 Å².